The van der Waals surface area contributed by atoms with Gasteiger partial charge in [-0.25, -0.2) is 4.90 Å². The summed E-state index contributed by atoms with van der Waals surface area (Å²) < 4.78 is 0. The van der Waals surface area contributed by atoms with E-state index in [-0.39, 0.29) is 23.7 Å². The van der Waals surface area contributed by atoms with E-state index in [4.69, 9.17) is 0 Å². The Hall–Kier alpha value is -2.76. The highest BCUT2D eigenvalue weighted by atomic mass is 16.2. The second-order valence-corrected chi connectivity index (χ2v) is 9.08. The minimum absolute atomic E-state index is 0.0491. The summed E-state index contributed by atoms with van der Waals surface area (Å²) in [5, 5.41) is 0. The Bertz CT molecular complexity index is 886. The van der Waals surface area contributed by atoms with Crippen molar-refractivity contribution >= 4 is 11.8 Å². The zero-order chi connectivity index (χ0) is 21.2. The van der Waals surface area contributed by atoms with E-state index in [1.165, 1.54) is 16.0 Å². The van der Waals surface area contributed by atoms with Crippen LogP contribution in [0.4, 0.5) is 0 Å². The summed E-state index contributed by atoms with van der Waals surface area (Å²) in [4.78, 5) is 30.1. The van der Waals surface area contributed by atoms with Crippen LogP contribution in [0.3, 0.4) is 0 Å². The number of fused-ring (bicyclic) bond motifs is 1. The maximum absolute atomic E-state index is 12.8. The quantitative estimate of drug-likeness (QED) is 0.549. The Morgan fingerprint density at radius 1 is 0.742 bits per heavy atom. The first kappa shape index (κ1) is 20.2. The molecule has 0 bridgehead atoms. The fraction of sp³-hybridized carbons (Fsp3) is 0.385. The highest BCUT2D eigenvalue weighted by molar-refractivity contribution is 6.05. The fourth-order valence-corrected chi connectivity index (χ4v) is 5.57. The molecule has 2 aliphatic heterocycles. The molecule has 5 rings (SSSR count). The molecular weight excluding hydrogens is 386 g/mol. The van der Waals surface area contributed by atoms with Crippen molar-refractivity contribution in [3.63, 3.8) is 0 Å². The van der Waals surface area contributed by atoms with Crippen LogP contribution < -0.4 is 9.80 Å². The van der Waals surface area contributed by atoms with Crippen molar-refractivity contribution in [1.82, 2.24) is 4.90 Å². The number of imide groups is 1. The average molecular weight is 418 g/mol. The van der Waals surface area contributed by atoms with Crippen molar-refractivity contribution in [3.05, 3.63) is 83.9 Å². The molecule has 2 fully saturated rings. The molecular formula is C26H31N3O2+2. The summed E-state index contributed by atoms with van der Waals surface area (Å²) in [5.74, 6) is -0.144. The fourth-order valence-electron chi connectivity index (χ4n) is 5.57. The number of allylic oxidation sites excluding steroid dienone is 2. The monoisotopic (exact) mass is 417 g/mol. The van der Waals surface area contributed by atoms with Crippen LogP contribution >= 0.6 is 0 Å². The first-order valence-electron chi connectivity index (χ1n) is 11.5. The van der Waals surface area contributed by atoms with E-state index >= 15 is 0 Å². The molecule has 5 nitrogen and oxygen atoms in total. The van der Waals surface area contributed by atoms with Gasteiger partial charge < -0.3 is 9.80 Å². The third-order valence-corrected chi connectivity index (χ3v) is 7.25. The molecule has 31 heavy (non-hydrogen) atoms. The van der Waals surface area contributed by atoms with Gasteiger partial charge in [0, 0.05) is 11.1 Å². The van der Waals surface area contributed by atoms with Gasteiger partial charge in [0.25, 0.3) is 0 Å². The standard InChI is InChI=1S/C26H29N3O2/c30-25-22-13-7-8-14-23(22)26(31)29(25)19-27-15-17-28(18-16-27)24(20-9-3-1-4-10-20)21-11-5-2-6-12-21/h1-12,22-24H,13-19H2/p+2/t22-,23-/m1/s1. The molecule has 0 radical (unpaired) electrons. The van der Waals surface area contributed by atoms with Gasteiger partial charge in [-0.05, 0) is 12.8 Å². The van der Waals surface area contributed by atoms with Gasteiger partial charge >= 0.3 is 0 Å². The summed E-state index contributed by atoms with van der Waals surface area (Å²) in [7, 11) is 0. The number of rotatable bonds is 5. The number of benzene rings is 2. The number of hydrogen-bond acceptors (Lipinski definition) is 2. The lowest BCUT2D eigenvalue weighted by Crippen LogP contribution is -3.28. The van der Waals surface area contributed by atoms with Crippen LogP contribution in [0.15, 0.2) is 72.8 Å². The van der Waals surface area contributed by atoms with Gasteiger partial charge in [0.2, 0.25) is 11.8 Å². The Morgan fingerprint density at radius 3 is 1.71 bits per heavy atom. The Balaban J connectivity index is 1.26. The number of quaternary nitrogens is 2. The van der Waals surface area contributed by atoms with Crippen LogP contribution in [-0.4, -0.2) is 49.6 Å². The molecule has 0 unspecified atom stereocenters. The number of amides is 2. The van der Waals surface area contributed by atoms with Crippen LogP contribution in [0.1, 0.15) is 30.0 Å². The van der Waals surface area contributed by atoms with Gasteiger partial charge in [-0.1, -0.05) is 72.8 Å². The van der Waals surface area contributed by atoms with E-state index in [0.29, 0.717) is 12.7 Å². The van der Waals surface area contributed by atoms with Crippen molar-refractivity contribution in [3.8, 4) is 0 Å². The number of carbonyl (C=O) groups excluding carboxylic acids is 2. The van der Waals surface area contributed by atoms with Gasteiger partial charge in [0.15, 0.2) is 6.67 Å². The van der Waals surface area contributed by atoms with Gasteiger partial charge in [0.05, 0.1) is 11.8 Å². The summed E-state index contributed by atoms with van der Waals surface area (Å²) in [6.07, 6.45) is 5.54. The van der Waals surface area contributed by atoms with Crippen LogP contribution in [0, 0.1) is 11.8 Å². The molecule has 2 atom stereocenters. The molecule has 2 aromatic rings. The molecule has 2 aromatic carbocycles. The number of carbonyl (C=O) groups is 2. The van der Waals surface area contributed by atoms with Crippen molar-refractivity contribution < 1.29 is 19.4 Å². The Morgan fingerprint density at radius 2 is 1.23 bits per heavy atom. The first-order chi connectivity index (χ1) is 15.2. The van der Waals surface area contributed by atoms with E-state index in [9.17, 15) is 9.59 Å². The lowest BCUT2D eigenvalue weighted by Gasteiger charge is -2.36. The minimum Gasteiger partial charge on any atom is -0.316 e. The van der Waals surface area contributed by atoms with Crippen LogP contribution in [-0.2, 0) is 9.59 Å². The summed E-state index contributed by atoms with van der Waals surface area (Å²) in [5.41, 5.74) is 2.68. The predicted molar refractivity (Wildman–Crippen MR) is 118 cm³/mol. The number of hydrogen-bond donors (Lipinski definition) is 2. The molecule has 2 amide bonds. The smallest absolute Gasteiger partial charge is 0.237 e. The number of nitrogens with one attached hydrogen (secondary N) is 2. The minimum atomic E-state index is -0.121. The van der Waals surface area contributed by atoms with Gasteiger partial charge in [-0.3, -0.25) is 9.59 Å². The molecule has 5 heteroatoms. The second kappa shape index (κ2) is 8.77. The molecule has 2 heterocycles. The third kappa shape index (κ3) is 3.95. The van der Waals surface area contributed by atoms with Crippen molar-refractivity contribution in [2.75, 3.05) is 32.8 Å². The van der Waals surface area contributed by atoms with E-state index in [2.05, 4.69) is 72.8 Å². The Labute approximate surface area is 183 Å². The van der Waals surface area contributed by atoms with Crippen LogP contribution in [0.5, 0.6) is 0 Å². The van der Waals surface area contributed by atoms with Crippen LogP contribution in [0.2, 0.25) is 0 Å². The molecule has 3 aliphatic rings. The van der Waals surface area contributed by atoms with Crippen molar-refractivity contribution in [1.29, 1.82) is 0 Å². The Kier molecular flexibility index (Phi) is 5.70. The highest BCUT2D eigenvalue weighted by Crippen LogP contribution is 2.34. The van der Waals surface area contributed by atoms with Crippen LogP contribution in [0.25, 0.3) is 0 Å². The lowest BCUT2D eigenvalue weighted by atomic mass is 9.85. The molecule has 0 saturated carbocycles. The molecule has 1 aliphatic carbocycles. The van der Waals surface area contributed by atoms with E-state index in [1.54, 1.807) is 9.80 Å². The third-order valence-electron chi connectivity index (χ3n) is 7.25. The largest absolute Gasteiger partial charge is 0.316 e. The maximum Gasteiger partial charge on any atom is 0.237 e. The molecule has 0 aromatic heterocycles. The molecule has 0 spiro atoms. The zero-order valence-electron chi connectivity index (χ0n) is 17.9. The number of nitrogens with zero attached hydrogens (tertiary/aromatic N) is 1. The van der Waals surface area contributed by atoms with Gasteiger partial charge in [-0.15, -0.1) is 0 Å². The topological polar surface area (TPSA) is 46.3 Å². The summed E-state index contributed by atoms with van der Waals surface area (Å²) in [6, 6.07) is 21.8. The van der Waals surface area contributed by atoms with E-state index in [0.717, 1.165) is 39.0 Å². The normalized spacial score (nSPS) is 28.2. The molecule has 160 valence electrons. The second-order valence-electron chi connectivity index (χ2n) is 9.08. The van der Waals surface area contributed by atoms with E-state index in [1.807, 2.05) is 0 Å². The van der Waals surface area contributed by atoms with E-state index < -0.39 is 0 Å². The van der Waals surface area contributed by atoms with Gasteiger partial charge in [0.1, 0.15) is 32.2 Å². The zero-order valence-corrected chi connectivity index (χ0v) is 17.9. The number of likely N-dealkylation sites (tertiary alicyclic amines) is 1. The molecule has 2 N–H and O–H groups in total. The first-order valence-corrected chi connectivity index (χ1v) is 11.5. The SMILES string of the molecule is O=C1[C@@H]2CC=CC[C@H]2C(=O)N1C[NH+]1CC[NH+](C(c2ccccc2)c2ccccc2)CC1. The highest BCUT2D eigenvalue weighted by Gasteiger charge is 2.48. The maximum atomic E-state index is 12.8. The average Bonchev–Trinajstić information content (AvgIpc) is 3.07. The number of piperazine rings is 1. The van der Waals surface area contributed by atoms with Gasteiger partial charge in [-0.2, -0.15) is 0 Å². The van der Waals surface area contributed by atoms with Crippen molar-refractivity contribution in [2.45, 2.75) is 18.9 Å². The summed E-state index contributed by atoms with van der Waals surface area (Å²) >= 11 is 0. The predicted octanol–water partition coefficient (Wildman–Crippen LogP) is 0.468. The summed E-state index contributed by atoms with van der Waals surface area (Å²) in [6.45, 7) is 4.51. The lowest BCUT2D eigenvalue weighted by molar-refractivity contribution is -1.03. The molecule has 2 saturated heterocycles. The van der Waals surface area contributed by atoms with Crippen molar-refractivity contribution in [2.24, 2.45) is 11.8 Å².